The van der Waals surface area contributed by atoms with E-state index in [1.807, 2.05) is 0 Å². The number of fused-ring (bicyclic) bond motifs is 2. The fourth-order valence-electron chi connectivity index (χ4n) is 2.60. The predicted molar refractivity (Wildman–Crippen MR) is 79.3 cm³/mol. The highest BCUT2D eigenvalue weighted by atomic mass is 32.2. The van der Waals surface area contributed by atoms with Gasteiger partial charge in [-0.15, -0.1) is 0 Å². The molecule has 0 spiro atoms. The van der Waals surface area contributed by atoms with Crippen molar-refractivity contribution in [3.63, 3.8) is 0 Å². The van der Waals surface area contributed by atoms with Gasteiger partial charge in [-0.05, 0) is 6.07 Å². The van der Waals surface area contributed by atoms with Crippen LogP contribution in [0.4, 0.5) is 0 Å². The number of carbonyl (C=O) groups is 2. The van der Waals surface area contributed by atoms with Crippen molar-refractivity contribution in [3.8, 4) is 11.5 Å². The lowest BCUT2D eigenvalue weighted by Gasteiger charge is -2.20. The average Bonchev–Trinajstić information content (AvgIpc) is 2.51. The highest BCUT2D eigenvalue weighted by Gasteiger charge is 2.36. The summed E-state index contributed by atoms with van der Waals surface area (Å²) >= 11 is 0. The van der Waals surface area contributed by atoms with Crippen molar-refractivity contribution < 1.29 is 27.9 Å². The van der Waals surface area contributed by atoms with Gasteiger partial charge in [-0.2, -0.15) is 0 Å². The van der Waals surface area contributed by atoms with Gasteiger partial charge < -0.3 is 9.84 Å². The van der Waals surface area contributed by atoms with Crippen molar-refractivity contribution in [3.05, 3.63) is 52.6 Å². The molecule has 7 nitrogen and oxygen atoms in total. The van der Waals surface area contributed by atoms with Crippen molar-refractivity contribution in [1.82, 2.24) is 0 Å². The molecule has 23 heavy (non-hydrogen) atoms. The summed E-state index contributed by atoms with van der Waals surface area (Å²) in [6, 6.07) is 7.04. The number of hydrogen-bond donors (Lipinski definition) is 2. The molecule has 3 N–H and O–H groups in total. The smallest absolute Gasteiger partial charge is 0.241 e. The largest absolute Gasteiger partial charge is 0.504 e. The molecule has 0 fully saturated rings. The van der Waals surface area contributed by atoms with Crippen LogP contribution in [-0.2, 0) is 10.0 Å². The molecule has 0 saturated carbocycles. The summed E-state index contributed by atoms with van der Waals surface area (Å²) in [4.78, 5) is 24.5. The fraction of sp³-hybridized carbons (Fsp3) is 0.0667. The van der Waals surface area contributed by atoms with Crippen LogP contribution in [0.25, 0.3) is 0 Å². The Balaban J connectivity index is 2.42. The first-order chi connectivity index (χ1) is 10.8. The van der Waals surface area contributed by atoms with E-state index in [2.05, 4.69) is 0 Å². The molecule has 1 aliphatic rings. The molecule has 0 heterocycles. The molecule has 0 amide bonds. The first kappa shape index (κ1) is 15.2. The van der Waals surface area contributed by atoms with E-state index in [-0.39, 0.29) is 22.3 Å². The highest BCUT2D eigenvalue weighted by Crippen LogP contribution is 2.42. The Morgan fingerprint density at radius 3 is 2.13 bits per heavy atom. The Hall–Kier alpha value is -2.71. The van der Waals surface area contributed by atoms with Gasteiger partial charge in [-0.3, -0.25) is 9.59 Å². The van der Waals surface area contributed by atoms with Gasteiger partial charge in [0.25, 0.3) is 0 Å². The van der Waals surface area contributed by atoms with E-state index in [9.17, 15) is 23.1 Å². The topological polar surface area (TPSA) is 124 Å². The maximum atomic E-state index is 12.6. The quantitative estimate of drug-likeness (QED) is 0.715. The van der Waals surface area contributed by atoms with Gasteiger partial charge in [0.1, 0.15) is 4.90 Å². The zero-order valence-corrected chi connectivity index (χ0v) is 12.7. The molecule has 1 aliphatic carbocycles. The summed E-state index contributed by atoms with van der Waals surface area (Å²) in [5.41, 5.74) is -0.255. The van der Waals surface area contributed by atoms with Crippen LogP contribution in [0.2, 0.25) is 0 Å². The molecular formula is C15H11NO6S. The summed E-state index contributed by atoms with van der Waals surface area (Å²) < 4.78 is 28.2. The standard InChI is InChI=1S/C15H11NO6S/c1-22-15-10(23(16,20)21)6-9-11(14(15)19)13(18)8-5-3-2-4-7(8)12(9)17/h2-6,19H,1H3,(H2,16,20,21). The minimum absolute atomic E-state index is 0.130. The molecular weight excluding hydrogens is 322 g/mol. The monoisotopic (exact) mass is 333 g/mol. The third-order valence-electron chi connectivity index (χ3n) is 3.62. The number of aromatic hydroxyl groups is 1. The zero-order chi connectivity index (χ0) is 16.9. The Kier molecular flexibility index (Phi) is 3.24. The molecule has 0 bridgehead atoms. The first-order valence-electron chi connectivity index (χ1n) is 6.42. The molecule has 0 radical (unpaired) electrons. The Morgan fingerprint density at radius 2 is 1.61 bits per heavy atom. The second kappa shape index (κ2) is 4.90. The lowest BCUT2D eigenvalue weighted by molar-refractivity contribution is 0.0975. The third kappa shape index (κ3) is 2.11. The summed E-state index contributed by atoms with van der Waals surface area (Å²) in [6.07, 6.45) is 0. The third-order valence-corrected chi connectivity index (χ3v) is 4.54. The SMILES string of the molecule is COc1c(S(N)(=O)=O)cc2c(c1O)C(=O)c1ccccc1C2=O. The average molecular weight is 333 g/mol. The summed E-state index contributed by atoms with van der Waals surface area (Å²) in [5.74, 6) is -2.35. The van der Waals surface area contributed by atoms with Gasteiger partial charge in [-0.1, -0.05) is 24.3 Å². The number of sulfonamides is 1. The van der Waals surface area contributed by atoms with Crippen LogP contribution < -0.4 is 9.88 Å². The van der Waals surface area contributed by atoms with Gasteiger partial charge in [0, 0.05) is 16.7 Å². The van der Waals surface area contributed by atoms with Crippen LogP contribution in [0.3, 0.4) is 0 Å². The van der Waals surface area contributed by atoms with Crippen LogP contribution in [0.5, 0.6) is 11.5 Å². The van der Waals surface area contributed by atoms with Gasteiger partial charge in [0.15, 0.2) is 23.1 Å². The van der Waals surface area contributed by atoms with Crippen LogP contribution in [0.15, 0.2) is 35.2 Å². The van der Waals surface area contributed by atoms with Crippen LogP contribution >= 0.6 is 0 Å². The second-order valence-corrected chi connectivity index (χ2v) is 6.46. The van der Waals surface area contributed by atoms with E-state index in [1.54, 1.807) is 12.1 Å². The van der Waals surface area contributed by atoms with Gasteiger partial charge in [0.05, 0.1) is 12.7 Å². The van der Waals surface area contributed by atoms with E-state index < -0.39 is 38.0 Å². The van der Waals surface area contributed by atoms with Crippen molar-refractivity contribution >= 4 is 21.6 Å². The molecule has 0 aliphatic heterocycles. The number of phenolic OH excluding ortho intramolecular Hbond substituents is 1. The summed E-state index contributed by atoms with van der Waals surface area (Å²) in [6.45, 7) is 0. The Labute approximate surface area is 131 Å². The number of carbonyl (C=O) groups excluding carboxylic acids is 2. The number of phenols is 1. The number of benzene rings is 2. The van der Waals surface area contributed by atoms with E-state index in [4.69, 9.17) is 9.88 Å². The summed E-state index contributed by atoms with van der Waals surface area (Å²) in [5, 5.41) is 15.4. The molecule has 3 rings (SSSR count). The Bertz CT molecular complexity index is 978. The van der Waals surface area contributed by atoms with Crippen LogP contribution in [0, 0.1) is 0 Å². The number of hydrogen-bond acceptors (Lipinski definition) is 6. The molecule has 0 saturated heterocycles. The highest BCUT2D eigenvalue weighted by molar-refractivity contribution is 7.89. The maximum Gasteiger partial charge on any atom is 0.241 e. The molecule has 2 aromatic carbocycles. The van der Waals surface area contributed by atoms with Crippen LogP contribution in [-0.4, -0.2) is 32.2 Å². The number of methoxy groups -OCH3 is 1. The predicted octanol–water partition coefficient (Wildman–Crippen LogP) is 0.824. The number of nitrogens with two attached hydrogens (primary N) is 1. The minimum atomic E-state index is -4.27. The van der Waals surface area contributed by atoms with E-state index in [0.29, 0.717) is 0 Å². The lowest BCUT2D eigenvalue weighted by atomic mass is 9.83. The molecule has 0 aromatic heterocycles. The number of rotatable bonds is 2. The molecule has 2 aromatic rings. The number of ether oxygens (including phenoxy) is 1. The molecule has 118 valence electrons. The van der Waals surface area contributed by atoms with E-state index >= 15 is 0 Å². The van der Waals surface area contributed by atoms with Gasteiger partial charge in [0.2, 0.25) is 10.0 Å². The number of ketones is 2. The first-order valence-corrected chi connectivity index (χ1v) is 7.97. The minimum Gasteiger partial charge on any atom is -0.504 e. The van der Waals surface area contributed by atoms with E-state index in [1.165, 1.54) is 12.1 Å². The van der Waals surface area contributed by atoms with Gasteiger partial charge in [-0.25, -0.2) is 13.6 Å². The normalized spacial score (nSPS) is 13.5. The van der Waals surface area contributed by atoms with Crippen molar-refractivity contribution in [2.45, 2.75) is 4.90 Å². The van der Waals surface area contributed by atoms with Crippen molar-refractivity contribution in [2.75, 3.05) is 7.11 Å². The summed E-state index contributed by atoms with van der Waals surface area (Å²) in [7, 11) is -3.14. The number of primary sulfonamides is 1. The molecule has 8 heteroatoms. The maximum absolute atomic E-state index is 12.6. The second-order valence-electron chi connectivity index (χ2n) is 4.93. The lowest BCUT2D eigenvalue weighted by Crippen LogP contribution is -2.23. The van der Waals surface area contributed by atoms with Gasteiger partial charge >= 0.3 is 0 Å². The fourth-order valence-corrected chi connectivity index (χ4v) is 3.32. The zero-order valence-electron chi connectivity index (χ0n) is 11.9. The van der Waals surface area contributed by atoms with E-state index in [0.717, 1.165) is 13.2 Å². The van der Waals surface area contributed by atoms with Crippen LogP contribution in [0.1, 0.15) is 31.8 Å². The molecule has 0 atom stereocenters. The Morgan fingerprint density at radius 1 is 1.04 bits per heavy atom. The van der Waals surface area contributed by atoms with Crippen molar-refractivity contribution in [1.29, 1.82) is 0 Å². The van der Waals surface area contributed by atoms with Crippen molar-refractivity contribution in [2.24, 2.45) is 5.14 Å². The molecule has 0 unspecified atom stereocenters.